The van der Waals surface area contributed by atoms with Gasteiger partial charge in [0.1, 0.15) is 5.82 Å². The first-order valence-electron chi connectivity index (χ1n) is 13.9. The van der Waals surface area contributed by atoms with E-state index in [1.54, 1.807) is 42.5 Å². The van der Waals surface area contributed by atoms with Crippen LogP contribution in [0.4, 0.5) is 26.2 Å². The number of carboxylic acid groups (broad SMARTS) is 1. The number of rotatable bonds is 8. The largest absolute Gasteiger partial charge is 0.465 e. The van der Waals surface area contributed by atoms with Crippen molar-refractivity contribution in [3.05, 3.63) is 95.8 Å². The van der Waals surface area contributed by atoms with Gasteiger partial charge in [0.2, 0.25) is 11.8 Å². The number of carbonyl (C=O) groups excluding carboxylic acids is 2. The van der Waals surface area contributed by atoms with Crippen LogP contribution in [0.15, 0.2) is 78.9 Å². The summed E-state index contributed by atoms with van der Waals surface area (Å²) in [7, 11) is 0. The molecule has 3 aromatic carbocycles. The van der Waals surface area contributed by atoms with Crippen molar-refractivity contribution in [2.75, 3.05) is 42.3 Å². The van der Waals surface area contributed by atoms with Crippen molar-refractivity contribution in [1.29, 1.82) is 0 Å². The van der Waals surface area contributed by atoms with Gasteiger partial charge in [0.15, 0.2) is 0 Å². The number of benzene rings is 3. The van der Waals surface area contributed by atoms with Crippen LogP contribution in [0.2, 0.25) is 0 Å². The van der Waals surface area contributed by atoms with Gasteiger partial charge >= 0.3 is 6.09 Å². The number of nitrogens with one attached hydrogen (secondary N) is 3. The first-order valence-corrected chi connectivity index (χ1v) is 13.9. The second kappa shape index (κ2) is 13.4. The minimum Gasteiger partial charge on any atom is -0.465 e. The highest BCUT2D eigenvalue weighted by Gasteiger charge is 2.41. The molecule has 2 saturated heterocycles. The van der Waals surface area contributed by atoms with Gasteiger partial charge in [0.25, 0.3) is 0 Å². The second-order valence-electron chi connectivity index (χ2n) is 10.5. The summed E-state index contributed by atoms with van der Waals surface area (Å²) in [5, 5.41) is 16.9. The molecule has 4 N–H and O–H groups in total. The van der Waals surface area contributed by atoms with Crippen molar-refractivity contribution in [1.82, 2.24) is 4.90 Å². The van der Waals surface area contributed by atoms with Crippen molar-refractivity contribution in [3.8, 4) is 0 Å². The number of hydrogen-bond donors (Lipinski definition) is 4. The van der Waals surface area contributed by atoms with E-state index in [9.17, 15) is 18.8 Å². The summed E-state index contributed by atoms with van der Waals surface area (Å²) in [6.07, 6.45) is 3.70. The van der Waals surface area contributed by atoms with Gasteiger partial charge in [-0.15, -0.1) is 0 Å². The highest BCUT2D eigenvalue weighted by atomic mass is 19.1. The van der Waals surface area contributed by atoms with E-state index >= 15 is 0 Å². The molecule has 2 heterocycles. The fourth-order valence-electron chi connectivity index (χ4n) is 5.57. The zero-order chi connectivity index (χ0) is 29.5. The topological polar surface area (TPSA) is 120 Å². The van der Waals surface area contributed by atoms with Crippen LogP contribution in [0.25, 0.3) is 6.08 Å². The molecule has 5 rings (SSSR count). The van der Waals surface area contributed by atoms with E-state index < -0.39 is 12.0 Å². The van der Waals surface area contributed by atoms with Crippen molar-refractivity contribution in [3.63, 3.8) is 0 Å². The van der Waals surface area contributed by atoms with Gasteiger partial charge in [-0.25, -0.2) is 9.18 Å². The Hall–Kier alpha value is -4.54. The van der Waals surface area contributed by atoms with Crippen LogP contribution in [0.3, 0.4) is 0 Å². The molecule has 0 bridgehead atoms. The molecule has 9 nitrogen and oxygen atoms in total. The second-order valence-corrected chi connectivity index (χ2v) is 10.5. The SMILES string of the molecule is O=C(O)Nc1ccccc1NC(=O)C=Cc1ccc(C2CN(C3CCOCC3)CC2C(=O)Nc2ccc(F)cc2)cc1. The molecule has 42 heavy (non-hydrogen) atoms. The van der Waals surface area contributed by atoms with E-state index in [2.05, 4.69) is 20.9 Å². The zero-order valence-electron chi connectivity index (χ0n) is 23.0. The Morgan fingerprint density at radius 1 is 0.857 bits per heavy atom. The maximum atomic E-state index is 13.4. The number of likely N-dealkylation sites (tertiary alicyclic amines) is 1. The van der Waals surface area contributed by atoms with Crippen molar-refractivity contribution >= 4 is 41.0 Å². The number of hydrogen-bond acceptors (Lipinski definition) is 5. The van der Waals surface area contributed by atoms with E-state index in [0.29, 0.717) is 37.2 Å². The Labute approximate surface area is 243 Å². The highest BCUT2D eigenvalue weighted by Crippen LogP contribution is 2.36. The number of ether oxygens (including phenoxy) is 1. The monoisotopic (exact) mass is 572 g/mol. The number of nitrogens with zero attached hydrogens (tertiary/aromatic N) is 1. The maximum absolute atomic E-state index is 13.4. The molecular formula is C32H33FN4O5. The van der Waals surface area contributed by atoms with Crippen LogP contribution in [-0.4, -0.2) is 60.3 Å². The first-order chi connectivity index (χ1) is 20.4. The van der Waals surface area contributed by atoms with Gasteiger partial charge in [-0.1, -0.05) is 36.4 Å². The molecule has 2 aliphatic heterocycles. The van der Waals surface area contributed by atoms with Gasteiger partial charge in [-0.2, -0.15) is 0 Å². The Morgan fingerprint density at radius 2 is 1.52 bits per heavy atom. The van der Waals surface area contributed by atoms with E-state index in [-0.39, 0.29) is 29.2 Å². The van der Waals surface area contributed by atoms with Crippen molar-refractivity contribution < 1.29 is 28.6 Å². The number of amides is 3. The molecule has 10 heteroatoms. The lowest BCUT2D eigenvalue weighted by Gasteiger charge is -2.31. The minimum atomic E-state index is -1.22. The number of para-hydroxylation sites is 2. The maximum Gasteiger partial charge on any atom is 0.409 e. The first kappa shape index (κ1) is 29.0. The summed E-state index contributed by atoms with van der Waals surface area (Å²) < 4.78 is 18.9. The minimum absolute atomic E-state index is 0.0344. The average molecular weight is 573 g/mol. The molecule has 0 spiro atoms. The van der Waals surface area contributed by atoms with Gasteiger partial charge in [-0.05, 0) is 66.4 Å². The van der Waals surface area contributed by atoms with Gasteiger partial charge in [0.05, 0.1) is 17.3 Å². The molecule has 2 fully saturated rings. The summed E-state index contributed by atoms with van der Waals surface area (Å²) in [6.45, 7) is 2.80. The zero-order valence-corrected chi connectivity index (χ0v) is 23.0. The standard InChI is InChI=1S/C32H33FN4O5/c33-23-10-12-24(13-11-23)34-31(39)27-20-37(25-15-17-42-18-16-25)19-26(27)22-8-5-21(6-9-22)7-14-30(38)35-28-3-1-2-4-29(28)36-32(40)41/h1-14,25-27,36H,15-20H2,(H,34,39)(H,35,38)(H,40,41). The highest BCUT2D eigenvalue weighted by molar-refractivity contribution is 6.04. The summed E-state index contributed by atoms with van der Waals surface area (Å²) in [5.41, 5.74) is 3.02. The van der Waals surface area contributed by atoms with Gasteiger partial charge in [0, 0.05) is 50.0 Å². The van der Waals surface area contributed by atoms with E-state index in [1.165, 1.54) is 18.2 Å². The third-order valence-corrected chi connectivity index (χ3v) is 7.72. The fraction of sp³-hybridized carbons (Fsp3) is 0.281. The Balaban J connectivity index is 1.27. The van der Waals surface area contributed by atoms with E-state index in [4.69, 9.17) is 9.84 Å². The quantitative estimate of drug-likeness (QED) is 0.268. The van der Waals surface area contributed by atoms with Crippen LogP contribution >= 0.6 is 0 Å². The molecule has 3 amide bonds. The lowest BCUT2D eigenvalue weighted by molar-refractivity contribution is -0.120. The third kappa shape index (κ3) is 7.39. The third-order valence-electron chi connectivity index (χ3n) is 7.72. The predicted octanol–water partition coefficient (Wildman–Crippen LogP) is 5.40. The number of carbonyl (C=O) groups is 3. The van der Waals surface area contributed by atoms with Crippen molar-refractivity contribution in [2.45, 2.75) is 24.8 Å². The van der Waals surface area contributed by atoms with Crippen LogP contribution in [0.1, 0.15) is 29.9 Å². The molecule has 0 saturated carbocycles. The molecule has 3 aromatic rings. The lowest BCUT2D eigenvalue weighted by Crippen LogP contribution is -2.38. The summed E-state index contributed by atoms with van der Waals surface area (Å²) in [4.78, 5) is 39.4. The number of anilines is 3. The van der Waals surface area contributed by atoms with E-state index in [1.807, 2.05) is 24.3 Å². The number of halogens is 1. The smallest absolute Gasteiger partial charge is 0.409 e. The molecule has 0 aromatic heterocycles. The van der Waals surface area contributed by atoms with Crippen LogP contribution in [0.5, 0.6) is 0 Å². The van der Waals surface area contributed by atoms with Crippen molar-refractivity contribution in [2.24, 2.45) is 5.92 Å². The molecular weight excluding hydrogens is 539 g/mol. The molecule has 0 aliphatic carbocycles. The summed E-state index contributed by atoms with van der Waals surface area (Å²) >= 11 is 0. The average Bonchev–Trinajstić information content (AvgIpc) is 3.45. The Morgan fingerprint density at radius 3 is 2.19 bits per heavy atom. The fourth-order valence-corrected chi connectivity index (χ4v) is 5.57. The lowest BCUT2D eigenvalue weighted by atomic mass is 9.88. The molecule has 2 aliphatic rings. The Bertz CT molecular complexity index is 1440. The Kier molecular flexibility index (Phi) is 9.25. The summed E-state index contributed by atoms with van der Waals surface area (Å²) in [5.74, 6) is -1.18. The molecule has 0 radical (unpaired) electrons. The summed E-state index contributed by atoms with van der Waals surface area (Å²) in [6, 6.07) is 20.5. The van der Waals surface area contributed by atoms with Crippen LogP contribution < -0.4 is 16.0 Å². The van der Waals surface area contributed by atoms with Crippen LogP contribution in [-0.2, 0) is 14.3 Å². The van der Waals surface area contributed by atoms with Gasteiger partial charge < -0.3 is 20.5 Å². The molecule has 2 unspecified atom stereocenters. The van der Waals surface area contributed by atoms with E-state index in [0.717, 1.165) is 30.5 Å². The molecule has 218 valence electrons. The van der Waals surface area contributed by atoms with Crippen LogP contribution in [0, 0.1) is 11.7 Å². The normalized spacial score (nSPS) is 19.5. The molecule has 2 atom stereocenters. The predicted molar refractivity (Wildman–Crippen MR) is 159 cm³/mol. The van der Waals surface area contributed by atoms with Gasteiger partial charge in [-0.3, -0.25) is 19.8 Å².